The molecule has 0 radical (unpaired) electrons. The molecule has 16 heavy (non-hydrogen) atoms. The minimum atomic E-state index is -0.704. The predicted octanol–water partition coefficient (Wildman–Crippen LogP) is 2.59. The molecule has 6 nitrogen and oxygen atoms in total. The highest BCUT2D eigenvalue weighted by molar-refractivity contribution is 6.17. The SMILES string of the molecule is CC(=N)c1cccc(N2C(=O)N=NC2=O)c1. The van der Waals surface area contributed by atoms with E-state index in [-0.39, 0.29) is 0 Å². The van der Waals surface area contributed by atoms with E-state index in [9.17, 15) is 9.59 Å². The first-order chi connectivity index (χ1) is 7.59. The van der Waals surface area contributed by atoms with Gasteiger partial charge in [-0.15, -0.1) is 0 Å². The third-order valence-electron chi connectivity index (χ3n) is 2.14. The van der Waals surface area contributed by atoms with Crippen molar-refractivity contribution in [2.45, 2.75) is 6.92 Å². The van der Waals surface area contributed by atoms with Gasteiger partial charge in [0.1, 0.15) is 0 Å². The Morgan fingerprint density at radius 1 is 1.25 bits per heavy atom. The summed E-state index contributed by atoms with van der Waals surface area (Å²) in [5.74, 6) is 0. The summed E-state index contributed by atoms with van der Waals surface area (Å²) < 4.78 is 0. The molecule has 0 aromatic heterocycles. The predicted molar refractivity (Wildman–Crippen MR) is 57.1 cm³/mol. The van der Waals surface area contributed by atoms with Gasteiger partial charge in [0.05, 0.1) is 5.69 Å². The number of carbonyl (C=O) groups excluding carboxylic acids is 2. The number of imide groups is 1. The summed E-state index contributed by atoms with van der Waals surface area (Å²) >= 11 is 0. The lowest BCUT2D eigenvalue weighted by atomic mass is 10.1. The first-order valence-electron chi connectivity index (χ1n) is 4.55. The number of carbonyl (C=O) groups is 2. The highest BCUT2D eigenvalue weighted by Gasteiger charge is 2.29. The van der Waals surface area contributed by atoms with Gasteiger partial charge in [-0.05, 0) is 24.6 Å². The van der Waals surface area contributed by atoms with E-state index >= 15 is 0 Å². The lowest BCUT2D eigenvalue weighted by Gasteiger charge is -2.11. The normalized spacial score (nSPS) is 14.7. The van der Waals surface area contributed by atoms with Crippen LogP contribution in [0, 0.1) is 5.41 Å². The molecule has 2 rings (SSSR count). The quantitative estimate of drug-likeness (QED) is 0.770. The number of nitrogens with one attached hydrogen (secondary N) is 1. The molecule has 1 aromatic carbocycles. The van der Waals surface area contributed by atoms with Crippen LogP contribution in [0.1, 0.15) is 12.5 Å². The van der Waals surface area contributed by atoms with E-state index < -0.39 is 12.1 Å². The summed E-state index contributed by atoms with van der Waals surface area (Å²) in [6.07, 6.45) is 0. The second kappa shape index (κ2) is 3.65. The summed E-state index contributed by atoms with van der Waals surface area (Å²) in [5.41, 5.74) is 1.38. The largest absolute Gasteiger partial charge is 0.375 e. The van der Waals surface area contributed by atoms with Crippen molar-refractivity contribution in [1.29, 1.82) is 5.41 Å². The first kappa shape index (κ1) is 10.2. The van der Waals surface area contributed by atoms with Crippen LogP contribution >= 0.6 is 0 Å². The van der Waals surface area contributed by atoms with Gasteiger partial charge in [-0.25, -0.2) is 14.5 Å². The molecule has 0 atom stereocenters. The zero-order valence-corrected chi connectivity index (χ0v) is 8.47. The second-order valence-electron chi connectivity index (χ2n) is 3.28. The lowest BCUT2D eigenvalue weighted by Crippen LogP contribution is -2.27. The van der Waals surface area contributed by atoms with Gasteiger partial charge in [0.2, 0.25) is 0 Å². The van der Waals surface area contributed by atoms with Gasteiger partial charge >= 0.3 is 12.1 Å². The summed E-state index contributed by atoms with van der Waals surface area (Å²) in [4.78, 5) is 23.4. The summed E-state index contributed by atoms with van der Waals surface area (Å²) in [7, 11) is 0. The number of nitrogens with zero attached hydrogens (tertiary/aromatic N) is 3. The molecule has 6 heteroatoms. The Kier molecular flexibility index (Phi) is 2.32. The van der Waals surface area contributed by atoms with E-state index in [0.717, 1.165) is 4.90 Å². The van der Waals surface area contributed by atoms with Crippen molar-refractivity contribution in [2.24, 2.45) is 10.2 Å². The Bertz CT molecular complexity index is 503. The van der Waals surface area contributed by atoms with Crippen LogP contribution in [0.25, 0.3) is 0 Å². The smallest absolute Gasteiger partial charge is 0.305 e. The molecule has 0 saturated heterocycles. The minimum absolute atomic E-state index is 0.356. The summed E-state index contributed by atoms with van der Waals surface area (Å²) in [6.45, 7) is 1.63. The van der Waals surface area contributed by atoms with Crippen LogP contribution in [-0.4, -0.2) is 17.8 Å². The third-order valence-corrected chi connectivity index (χ3v) is 2.14. The Morgan fingerprint density at radius 3 is 2.44 bits per heavy atom. The van der Waals surface area contributed by atoms with Crippen molar-refractivity contribution >= 4 is 23.5 Å². The number of hydrogen-bond donors (Lipinski definition) is 1. The van der Waals surface area contributed by atoms with Crippen molar-refractivity contribution in [3.8, 4) is 0 Å². The van der Waals surface area contributed by atoms with E-state index in [0.29, 0.717) is 17.0 Å². The number of amides is 4. The topological polar surface area (TPSA) is 85.9 Å². The molecule has 0 saturated carbocycles. The Labute approximate surface area is 91.1 Å². The number of benzene rings is 1. The number of azo groups is 1. The Hall–Kier alpha value is -2.37. The number of rotatable bonds is 2. The van der Waals surface area contributed by atoms with Crippen LogP contribution in [0.15, 0.2) is 34.5 Å². The fraction of sp³-hybridized carbons (Fsp3) is 0.100. The highest BCUT2D eigenvalue weighted by atomic mass is 16.2. The molecule has 4 amide bonds. The molecule has 1 aliphatic heterocycles. The maximum atomic E-state index is 11.3. The Balaban J connectivity index is 2.41. The fourth-order valence-corrected chi connectivity index (χ4v) is 1.36. The Morgan fingerprint density at radius 2 is 1.88 bits per heavy atom. The van der Waals surface area contributed by atoms with E-state index in [2.05, 4.69) is 10.2 Å². The average molecular weight is 216 g/mol. The van der Waals surface area contributed by atoms with Crippen LogP contribution in [0.2, 0.25) is 0 Å². The van der Waals surface area contributed by atoms with Crippen molar-refractivity contribution in [1.82, 2.24) is 0 Å². The molecule has 1 N–H and O–H groups in total. The van der Waals surface area contributed by atoms with Crippen LogP contribution in [-0.2, 0) is 0 Å². The van der Waals surface area contributed by atoms with Crippen molar-refractivity contribution in [3.05, 3.63) is 29.8 Å². The van der Waals surface area contributed by atoms with Crippen LogP contribution in [0.5, 0.6) is 0 Å². The minimum Gasteiger partial charge on any atom is -0.305 e. The fourth-order valence-electron chi connectivity index (χ4n) is 1.36. The van der Waals surface area contributed by atoms with Gasteiger partial charge in [-0.2, -0.15) is 0 Å². The van der Waals surface area contributed by atoms with Crippen molar-refractivity contribution in [2.75, 3.05) is 4.90 Å². The molecule has 1 aliphatic rings. The third kappa shape index (κ3) is 1.60. The molecule has 0 spiro atoms. The maximum absolute atomic E-state index is 11.3. The molecule has 0 bridgehead atoms. The van der Waals surface area contributed by atoms with Crippen LogP contribution in [0.4, 0.5) is 15.3 Å². The standard InChI is InChI=1S/C10H8N4O2/c1-6(11)7-3-2-4-8(5-7)14-9(15)12-13-10(14)16/h2-5,11H,1H3. The second-order valence-corrected chi connectivity index (χ2v) is 3.28. The summed E-state index contributed by atoms with van der Waals surface area (Å²) in [6, 6.07) is 5.16. The molecule has 0 aliphatic carbocycles. The highest BCUT2D eigenvalue weighted by Crippen LogP contribution is 2.21. The van der Waals surface area contributed by atoms with E-state index in [1.807, 2.05) is 0 Å². The number of urea groups is 2. The van der Waals surface area contributed by atoms with Crippen molar-refractivity contribution in [3.63, 3.8) is 0 Å². The van der Waals surface area contributed by atoms with Gasteiger partial charge in [0.15, 0.2) is 0 Å². The van der Waals surface area contributed by atoms with Gasteiger partial charge in [-0.3, -0.25) is 0 Å². The van der Waals surface area contributed by atoms with E-state index in [4.69, 9.17) is 5.41 Å². The molecule has 0 unspecified atom stereocenters. The van der Waals surface area contributed by atoms with E-state index in [1.165, 1.54) is 0 Å². The summed E-state index contributed by atoms with van der Waals surface area (Å²) in [5, 5.41) is 13.8. The van der Waals surface area contributed by atoms with Gasteiger partial charge in [0, 0.05) is 5.71 Å². The average Bonchev–Trinajstić information content (AvgIpc) is 2.59. The molecule has 1 heterocycles. The molecular weight excluding hydrogens is 208 g/mol. The van der Waals surface area contributed by atoms with Gasteiger partial charge in [-0.1, -0.05) is 22.4 Å². The van der Waals surface area contributed by atoms with Gasteiger partial charge < -0.3 is 5.41 Å². The lowest BCUT2D eigenvalue weighted by molar-refractivity contribution is 0.249. The number of hydrogen-bond acceptors (Lipinski definition) is 3. The molecule has 1 aromatic rings. The zero-order chi connectivity index (χ0) is 11.7. The van der Waals surface area contributed by atoms with Crippen molar-refractivity contribution < 1.29 is 9.59 Å². The molecule has 0 fully saturated rings. The molecular formula is C10H8N4O2. The van der Waals surface area contributed by atoms with E-state index in [1.54, 1.807) is 31.2 Å². The van der Waals surface area contributed by atoms with Crippen LogP contribution in [0.3, 0.4) is 0 Å². The zero-order valence-electron chi connectivity index (χ0n) is 8.47. The number of anilines is 1. The maximum Gasteiger partial charge on any atom is 0.375 e. The van der Waals surface area contributed by atoms with Crippen LogP contribution < -0.4 is 4.90 Å². The van der Waals surface area contributed by atoms with Gasteiger partial charge in [0.25, 0.3) is 0 Å². The monoisotopic (exact) mass is 216 g/mol. The molecule has 80 valence electrons. The first-order valence-corrected chi connectivity index (χ1v) is 4.55.